The molecule has 1 aliphatic rings. The highest BCUT2D eigenvalue weighted by atomic mass is 16.3. The van der Waals surface area contributed by atoms with Crippen molar-refractivity contribution in [2.24, 2.45) is 0 Å². The molecule has 1 fully saturated rings. The third-order valence-corrected chi connectivity index (χ3v) is 3.75. The third kappa shape index (κ3) is 1.34. The van der Waals surface area contributed by atoms with Crippen LogP contribution in [0.1, 0.15) is 25.3 Å². The molecule has 0 saturated heterocycles. The standard InChI is InChI=1S/C14H15NO/c1-10(16)14(6-7-14)12-8-11-4-2-3-5-13(11)15-9-12/h2-5,8-10,16H,6-7H2,1H3. The molecule has 16 heavy (non-hydrogen) atoms. The van der Waals surface area contributed by atoms with Gasteiger partial charge in [-0.15, -0.1) is 0 Å². The minimum absolute atomic E-state index is 0.0168. The molecule has 0 amide bonds. The van der Waals surface area contributed by atoms with Crippen molar-refractivity contribution in [3.63, 3.8) is 0 Å². The first-order valence-electron chi connectivity index (χ1n) is 5.76. The molecule has 1 atom stereocenters. The van der Waals surface area contributed by atoms with E-state index in [0.717, 1.165) is 23.7 Å². The van der Waals surface area contributed by atoms with E-state index < -0.39 is 0 Å². The van der Waals surface area contributed by atoms with Gasteiger partial charge in [0.25, 0.3) is 0 Å². The van der Waals surface area contributed by atoms with Crippen molar-refractivity contribution in [1.29, 1.82) is 0 Å². The van der Waals surface area contributed by atoms with E-state index in [1.165, 1.54) is 5.56 Å². The summed E-state index contributed by atoms with van der Waals surface area (Å²) in [6, 6.07) is 10.3. The Labute approximate surface area is 94.9 Å². The SMILES string of the molecule is CC(O)C1(c2cnc3ccccc3c2)CC1. The van der Waals surface area contributed by atoms with Crippen LogP contribution in [0, 0.1) is 0 Å². The number of benzene rings is 1. The lowest BCUT2D eigenvalue weighted by Gasteiger charge is -2.18. The van der Waals surface area contributed by atoms with Gasteiger partial charge in [0.2, 0.25) is 0 Å². The Bertz CT molecular complexity index is 529. The van der Waals surface area contributed by atoms with Gasteiger partial charge in [-0.1, -0.05) is 18.2 Å². The first-order chi connectivity index (χ1) is 7.72. The van der Waals surface area contributed by atoms with Gasteiger partial charge < -0.3 is 5.11 Å². The van der Waals surface area contributed by atoms with E-state index in [2.05, 4.69) is 17.1 Å². The monoisotopic (exact) mass is 213 g/mol. The fraction of sp³-hybridized carbons (Fsp3) is 0.357. The summed E-state index contributed by atoms with van der Waals surface area (Å²) in [5, 5.41) is 11.0. The second kappa shape index (κ2) is 3.29. The summed E-state index contributed by atoms with van der Waals surface area (Å²) >= 11 is 0. The van der Waals surface area contributed by atoms with Gasteiger partial charge >= 0.3 is 0 Å². The Morgan fingerprint density at radius 1 is 1.31 bits per heavy atom. The van der Waals surface area contributed by atoms with E-state index in [-0.39, 0.29) is 11.5 Å². The molecule has 2 nitrogen and oxygen atoms in total. The second-order valence-electron chi connectivity index (χ2n) is 4.75. The van der Waals surface area contributed by atoms with Gasteiger partial charge in [-0.3, -0.25) is 4.98 Å². The molecule has 2 heteroatoms. The molecule has 1 saturated carbocycles. The van der Waals surface area contributed by atoms with E-state index in [0.29, 0.717) is 0 Å². The van der Waals surface area contributed by atoms with Crippen LogP contribution in [0.3, 0.4) is 0 Å². The van der Waals surface area contributed by atoms with E-state index in [9.17, 15) is 5.11 Å². The lowest BCUT2D eigenvalue weighted by atomic mass is 9.91. The van der Waals surface area contributed by atoms with Crippen LogP contribution in [-0.4, -0.2) is 16.2 Å². The number of para-hydroxylation sites is 1. The predicted octanol–water partition coefficient (Wildman–Crippen LogP) is 2.65. The van der Waals surface area contributed by atoms with Crippen molar-refractivity contribution >= 4 is 10.9 Å². The van der Waals surface area contributed by atoms with Crippen molar-refractivity contribution in [3.8, 4) is 0 Å². The smallest absolute Gasteiger partial charge is 0.0702 e. The number of aromatic nitrogens is 1. The van der Waals surface area contributed by atoms with E-state index in [1.54, 1.807) is 0 Å². The molecule has 0 spiro atoms. The number of rotatable bonds is 2. The summed E-state index contributed by atoms with van der Waals surface area (Å²) in [4.78, 5) is 4.46. The largest absolute Gasteiger partial charge is 0.392 e. The van der Waals surface area contributed by atoms with Crippen LogP contribution in [0.25, 0.3) is 10.9 Å². The highest BCUT2D eigenvalue weighted by Gasteiger charge is 2.48. The molecule has 1 unspecified atom stereocenters. The number of nitrogens with zero attached hydrogens (tertiary/aromatic N) is 1. The maximum Gasteiger partial charge on any atom is 0.0702 e. The first kappa shape index (κ1) is 9.79. The second-order valence-corrected chi connectivity index (χ2v) is 4.75. The van der Waals surface area contributed by atoms with Crippen LogP contribution in [0.5, 0.6) is 0 Å². The van der Waals surface area contributed by atoms with Crippen LogP contribution in [-0.2, 0) is 5.41 Å². The molecule has 3 rings (SSSR count). The Morgan fingerprint density at radius 3 is 2.75 bits per heavy atom. The number of aliphatic hydroxyl groups excluding tert-OH is 1. The van der Waals surface area contributed by atoms with Crippen LogP contribution >= 0.6 is 0 Å². The normalized spacial score (nSPS) is 19.6. The van der Waals surface area contributed by atoms with Crippen molar-refractivity contribution < 1.29 is 5.11 Å². The highest BCUT2D eigenvalue weighted by molar-refractivity contribution is 5.79. The van der Waals surface area contributed by atoms with Crippen molar-refractivity contribution in [2.75, 3.05) is 0 Å². The fourth-order valence-electron chi connectivity index (χ4n) is 2.43. The Kier molecular flexibility index (Phi) is 2.01. The van der Waals surface area contributed by atoms with Gasteiger partial charge in [-0.2, -0.15) is 0 Å². The van der Waals surface area contributed by atoms with Gasteiger partial charge in [0.15, 0.2) is 0 Å². The minimum atomic E-state index is -0.282. The molecule has 1 aromatic heterocycles. The van der Waals surface area contributed by atoms with Crippen molar-refractivity contribution in [1.82, 2.24) is 4.98 Å². The maximum atomic E-state index is 9.84. The van der Waals surface area contributed by atoms with E-state index in [1.807, 2.05) is 31.3 Å². The quantitative estimate of drug-likeness (QED) is 0.832. The Balaban J connectivity index is 2.12. The summed E-state index contributed by atoms with van der Waals surface area (Å²) < 4.78 is 0. The molecule has 82 valence electrons. The van der Waals surface area contributed by atoms with E-state index >= 15 is 0 Å². The molecule has 0 bridgehead atoms. The summed E-state index contributed by atoms with van der Waals surface area (Å²) in [6.07, 6.45) is 3.78. The zero-order valence-corrected chi connectivity index (χ0v) is 9.35. The van der Waals surface area contributed by atoms with Gasteiger partial charge in [0, 0.05) is 17.0 Å². The Hall–Kier alpha value is -1.41. The molecule has 0 aliphatic heterocycles. The summed E-state index contributed by atoms with van der Waals surface area (Å²) in [5.41, 5.74) is 2.19. The number of hydrogen-bond acceptors (Lipinski definition) is 2. The topological polar surface area (TPSA) is 33.1 Å². The molecular formula is C14H15NO. The fourth-order valence-corrected chi connectivity index (χ4v) is 2.43. The van der Waals surface area contributed by atoms with Crippen LogP contribution in [0.2, 0.25) is 0 Å². The van der Waals surface area contributed by atoms with Crippen molar-refractivity contribution in [3.05, 3.63) is 42.1 Å². The van der Waals surface area contributed by atoms with Crippen molar-refractivity contribution in [2.45, 2.75) is 31.3 Å². The third-order valence-electron chi connectivity index (χ3n) is 3.75. The molecular weight excluding hydrogens is 198 g/mol. The number of hydrogen-bond donors (Lipinski definition) is 1. The minimum Gasteiger partial charge on any atom is -0.392 e. The predicted molar refractivity (Wildman–Crippen MR) is 64.3 cm³/mol. The van der Waals surface area contributed by atoms with Crippen LogP contribution < -0.4 is 0 Å². The first-order valence-corrected chi connectivity index (χ1v) is 5.76. The molecule has 1 aliphatic carbocycles. The average molecular weight is 213 g/mol. The van der Waals surface area contributed by atoms with Gasteiger partial charge in [-0.25, -0.2) is 0 Å². The molecule has 0 radical (unpaired) electrons. The zero-order chi connectivity index (χ0) is 11.2. The van der Waals surface area contributed by atoms with E-state index in [4.69, 9.17) is 0 Å². The van der Waals surface area contributed by atoms with Gasteiger partial charge in [-0.05, 0) is 37.5 Å². The molecule has 1 aromatic carbocycles. The molecule has 1 N–H and O–H groups in total. The molecule has 2 aromatic rings. The van der Waals surface area contributed by atoms with Crippen LogP contribution in [0.4, 0.5) is 0 Å². The Morgan fingerprint density at radius 2 is 2.06 bits per heavy atom. The summed E-state index contributed by atoms with van der Waals surface area (Å²) in [6.45, 7) is 1.88. The maximum absolute atomic E-state index is 9.84. The van der Waals surface area contributed by atoms with Gasteiger partial charge in [0.1, 0.15) is 0 Å². The number of pyridine rings is 1. The summed E-state index contributed by atoms with van der Waals surface area (Å²) in [5.74, 6) is 0. The molecule has 1 heterocycles. The highest BCUT2D eigenvalue weighted by Crippen LogP contribution is 2.51. The van der Waals surface area contributed by atoms with Gasteiger partial charge in [0.05, 0.1) is 11.6 Å². The lowest BCUT2D eigenvalue weighted by Crippen LogP contribution is -2.22. The zero-order valence-electron chi connectivity index (χ0n) is 9.35. The average Bonchev–Trinajstić information content (AvgIpc) is 3.09. The number of aliphatic hydroxyl groups is 1. The lowest BCUT2D eigenvalue weighted by molar-refractivity contribution is 0.150. The summed E-state index contributed by atoms with van der Waals surface area (Å²) in [7, 11) is 0. The van der Waals surface area contributed by atoms with Crippen LogP contribution in [0.15, 0.2) is 36.5 Å². The number of fused-ring (bicyclic) bond motifs is 1.